The molecule has 2 rings (SSSR count). The molecule has 0 aromatic carbocycles. The maximum atomic E-state index is 12.6. The average molecular weight is 710 g/mol. The molecule has 2 aliphatic rings. The monoisotopic (exact) mass is 710 g/mol. The number of rotatable bonds is 36. The number of amides is 2. The highest BCUT2D eigenvalue weighted by Crippen LogP contribution is 2.15. The van der Waals surface area contributed by atoms with Crippen LogP contribution in [0.1, 0.15) is 168 Å². The molecule has 2 amide bonds. The Labute approximate surface area is 314 Å². The van der Waals surface area contributed by atoms with Gasteiger partial charge < -0.3 is 10.6 Å². The third-order valence-corrected chi connectivity index (χ3v) is 9.92. The summed E-state index contributed by atoms with van der Waals surface area (Å²) in [7, 11) is 0. The van der Waals surface area contributed by atoms with E-state index in [1.807, 2.05) is 0 Å². The van der Waals surface area contributed by atoms with E-state index >= 15 is 0 Å². The van der Waals surface area contributed by atoms with Gasteiger partial charge in [0.25, 0.3) is 0 Å². The topological polar surface area (TPSA) is 76.3 Å². The number of allylic oxidation sites excluding steroid dienone is 8. The van der Waals surface area contributed by atoms with Gasteiger partial charge in [-0.1, -0.05) is 127 Å². The predicted octanol–water partition coefficient (Wildman–Crippen LogP) is 9.72. The van der Waals surface area contributed by atoms with Gasteiger partial charge in [0.1, 0.15) is 0 Å². The van der Waals surface area contributed by atoms with Crippen molar-refractivity contribution in [2.24, 2.45) is 0 Å². The first-order valence-corrected chi connectivity index (χ1v) is 21.5. The number of hydrogen-bond donors (Lipinski definition) is 3. The molecule has 2 unspecified atom stereocenters. The summed E-state index contributed by atoms with van der Waals surface area (Å²) in [5, 5.41) is 10.1. The second-order valence-electron chi connectivity index (χ2n) is 14.8. The lowest BCUT2D eigenvalue weighted by atomic mass is 10.1. The van der Waals surface area contributed by atoms with Crippen molar-refractivity contribution < 1.29 is 9.59 Å². The predicted molar refractivity (Wildman–Crippen MR) is 219 cm³/mol. The molecule has 2 atom stereocenters. The average Bonchev–Trinajstić information content (AvgIpc) is 4.06. The molecule has 2 heterocycles. The summed E-state index contributed by atoms with van der Waals surface area (Å²) in [5.41, 5.74) is 0. The molecule has 2 aliphatic heterocycles. The van der Waals surface area contributed by atoms with Crippen molar-refractivity contribution in [1.82, 2.24) is 25.8 Å². The van der Waals surface area contributed by atoms with Crippen LogP contribution in [0.15, 0.2) is 48.6 Å². The van der Waals surface area contributed by atoms with Crippen LogP contribution < -0.4 is 16.0 Å². The highest BCUT2D eigenvalue weighted by atomic mass is 16.2. The van der Waals surface area contributed by atoms with Crippen molar-refractivity contribution in [3.63, 3.8) is 0 Å². The minimum absolute atomic E-state index is 0.114. The Morgan fingerprint density at radius 1 is 0.471 bits per heavy atom. The maximum absolute atomic E-state index is 12.6. The summed E-state index contributed by atoms with van der Waals surface area (Å²) in [6.07, 6.45) is 46.2. The van der Waals surface area contributed by atoms with Crippen LogP contribution in [0.4, 0.5) is 0 Å². The van der Waals surface area contributed by atoms with Gasteiger partial charge in [0.2, 0.25) is 11.8 Å². The minimum atomic E-state index is 0.114. The van der Waals surface area contributed by atoms with E-state index in [9.17, 15) is 9.59 Å². The van der Waals surface area contributed by atoms with Gasteiger partial charge in [-0.05, 0) is 77.0 Å². The summed E-state index contributed by atoms with van der Waals surface area (Å²) < 4.78 is 0. The molecule has 51 heavy (non-hydrogen) atoms. The van der Waals surface area contributed by atoms with E-state index < -0.39 is 0 Å². The highest BCUT2D eigenvalue weighted by molar-refractivity contribution is 5.76. The quantitative estimate of drug-likeness (QED) is 0.0343. The molecular formula is C44H79N5O2. The molecule has 2 saturated heterocycles. The lowest BCUT2D eigenvalue weighted by Crippen LogP contribution is -2.55. The molecule has 0 saturated carbocycles. The van der Waals surface area contributed by atoms with E-state index in [4.69, 9.17) is 0 Å². The Balaban J connectivity index is 1.46. The lowest BCUT2D eigenvalue weighted by Gasteiger charge is -2.28. The lowest BCUT2D eigenvalue weighted by molar-refractivity contribution is -0.122. The summed E-state index contributed by atoms with van der Waals surface area (Å²) in [6.45, 7) is 9.97. The number of nitrogens with one attached hydrogen (secondary N) is 3. The van der Waals surface area contributed by atoms with E-state index in [1.54, 1.807) is 0 Å². The molecule has 0 aromatic heterocycles. The highest BCUT2D eigenvalue weighted by Gasteiger charge is 2.34. The SMILES string of the molecule is CCCCC/C=C/C/C=C/CCCCCCCC(=O)NCC(NC(CNC(=O)CCCCCCC/C=C/C/C=C/CCCCC)N1CC1)N1CC1. The van der Waals surface area contributed by atoms with Gasteiger partial charge in [-0.2, -0.15) is 0 Å². The van der Waals surface area contributed by atoms with Crippen LogP contribution in [0.2, 0.25) is 0 Å². The van der Waals surface area contributed by atoms with Crippen molar-refractivity contribution in [3.8, 4) is 0 Å². The maximum Gasteiger partial charge on any atom is 0.220 e. The second kappa shape index (κ2) is 32.4. The molecular weight excluding hydrogens is 631 g/mol. The summed E-state index contributed by atoms with van der Waals surface area (Å²) in [4.78, 5) is 29.9. The smallest absolute Gasteiger partial charge is 0.220 e. The zero-order valence-electron chi connectivity index (χ0n) is 33.2. The Morgan fingerprint density at radius 2 is 0.804 bits per heavy atom. The molecule has 292 valence electrons. The molecule has 7 heteroatoms. The van der Waals surface area contributed by atoms with Crippen LogP contribution in [-0.4, -0.2) is 73.2 Å². The van der Waals surface area contributed by atoms with Crippen LogP contribution in [0.25, 0.3) is 0 Å². The number of unbranched alkanes of at least 4 members (excludes halogenated alkanes) is 16. The fraction of sp³-hybridized carbons (Fsp3) is 0.773. The molecule has 0 spiro atoms. The minimum Gasteiger partial charge on any atom is -0.353 e. The molecule has 0 aromatic rings. The number of carbonyl (C=O) groups excluding carboxylic acids is 2. The number of nitrogens with zero attached hydrogens (tertiary/aromatic N) is 2. The van der Waals surface area contributed by atoms with Crippen LogP contribution in [0.5, 0.6) is 0 Å². The standard InChI is InChI=1S/C44H79N5O2/c1-3-5-7-9-11-13-15-17-19-21-23-25-27-29-31-33-43(50)45-39-41(48-35-36-48)47-42(49-37-38-49)40-46-44(51)34-32-30-28-26-24-22-20-18-16-14-12-10-8-6-4-2/h11-14,17-20,41-42,47H,3-10,15-16,21-40H2,1-2H3,(H,45,50)(H,46,51)/b13-11+,14-12+,19-17+,20-18+. The Kier molecular flexibility index (Phi) is 28.6. The zero-order chi connectivity index (χ0) is 36.5. The van der Waals surface area contributed by atoms with Crippen molar-refractivity contribution in [1.29, 1.82) is 0 Å². The molecule has 7 nitrogen and oxygen atoms in total. The van der Waals surface area contributed by atoms with Crippen molar-refractivity contribution in [2.45, 2.75) is 180 Å². The van der Waals surface area contributed by atoms with Crippen molar-refractivity contribution >= 4 is 11.8 Å². The third kappa shape index (κ3) is 28.0. The zero-order valence-corrected chi connectivity index (χ0v) is 33.2. The third-order valence-electron chi connectivity index (χ3n) is 9.92. The summed E-state index contributed by atoms with van der Waals surface area (Å²) >= 11 is 0. The van der Waals surface area contributed by atoms with Crippen molar-refractivity contribution in [3.05, 3.63) is 48.6 Å². The van der Waals surface area contributed by atoms with Crippen LogP contribution in [0, 0.1) is 0 Å². The van der Waals surface area contributed by atoms with Gasteiger partial charge in [-0.15, -0.1) is 0 Å². The van der Waals surface area contributed by atoms with E-state index in [0.29, 0.717) is 25.9 Å². The molecule has 0 radical (unpaired) electrons. The van der Waals surface area contributed by atoms with Gasteiger partial charge >= 0.3 is 0 Å². The molecule has 3 N–H and O–H groups in total. The van der Waals surface area contributed by atoms with E-state index in [-0.39, 0.29) is 24.1 Å². The Hall–Kier alpha value is -2.22. The van der Waals surface area contributed by atoms with Crippen molar-refractivity contribution in [2.75, 3.05) is 39.3 Å². The fourth-order valence-corrected chi connectivity index (χ4v) is 6.34. The summed E-state index contributed by atoms with van der Waals surface area (Å²) in [5.74, 6) is 0.312. The van der Waals surface area contributed by atoms with E-state index in [0.717, 1.165) is 77.5 Å². The van der Waals surface area contributed by atoms with Gasteiger partial charge in [-0.25, -0.2) is 0 Å². The molecule has 2 fully saturated rings. The van der Waals surface area contributed by atoms with Crippen LogP contribution >= 0.6 is 0 Å². The van der Waals surface area contributed by atoms with Gasteiger partial charge in [0.15, 0.2) is 0 Å². The van der Waals surface area contributed by atoms with Gasteiger partial charge in [0.05, 0.1) is 12.3 Å². The van der Waals surface area contributed by atoms with Gasteiger partial charge in [0, 0.05) is 52.1 Å². The van der Waals surface area contributed by atoms with Gasteiger partial charge in [-0.3, -0.25) is 24.7 Å². The molecule has 0 aliphatic carbocycles. The molecule has 0 bridgehead atoms. The largest absolute Gasteiger partial charge is 0.353 e. The fourth-order valence-electron chi connectivity index (χ4n) is 6.34. The Morgan fingerprint density at radius 3 is 1.16 bits per heavy atom. The number of hydrogen-bond acceptors (Lipinski definition) is 5. The first-order valence-electron chi connectivity index (χ1n) is 21.5. The van der Waals surface area contributed by atoms with Crippen LogP contribution in [-0.2, 0) is 9.59 Å². The first kappa shape index (κ1) is 44.9. The normalized spacial score (nSPS) is 16.2. The Bertz CT molecular complexity index is 893. The van der Waals surface area contributed by atoms with E-state index in [2.05, 4.69) is 88.2 Å². The number of carbonyl (C=O) groups is 2. The summed E-state index contributed by atoms with van der Waals surface area (Å²) in [6, 6.07) is 0. The van der Waals surface area contributed by atoms with Crippen LogP contribution in [0.3, 0.4) is 0 Å². The van der Waals surface area contributed by atoms with E-state index in [1.165, 1.54) is 89.9 Å². The first-order chi connectivity index (χ1) is 25.1. The second-order valence-corrected chi connectivity index (χ2v) is 14.8.